The van der Waals surface area contributed by atoms with E-state index in [0.717, 1.165) is 27.8 Å². The maximum Gasteiger partial charge on any atom is 0.408 e. The molecule has 8 nitrogen and oxygen atoms in total. The van der Waals surface area contributed by atoms with Crippen LogP contribution in [0.1, 0.15) is 55.7 Å². The number of aliphatic carboxylic acids is 1. The number of carboxylic acids is 1. The molecule has 214 valence electrons. The topological polar surface area (TPSA) is 108 Å². The number of amides is 2. The Morgan fingerprint density at radius 1 is 0.927 bits per heavy atom. The number of fused-ring (bicyclic) bond motifs is 3. The molecule has 0 radical (unpaired) electrons. The van der Waals surface area contributed by atoms with E-state index in [9.17, 15) is 19.5 Å². The third-order valence-corrected chi connectivity index (χ3v) is 8.69. The van der Waals surface area contributed by atoms with E-state index in [2.05, 4.69) is 22.8 Å². The van der Waals surface area contributed by atoms with E-state index in [4.69, 9.17) is 4.74 Å². The Morgan fingerprint density at radius 2 is 1.51 bits per heavy atom. The van der Waals surface area contributed by atoms with Crippen molar-refractivity contribution in [2.75, 3.05) is 19.7 Å². The number of benzene rings is 3. The predicted molar refractivity (Wildman–Crippen MR) is 156 cm³/mol. The molecule has 1 atom stereocenters. The van der Waals surface area contributed by atoms with Gasteiger partial charge in [0.15, 0.2) is 5.54 Å². The van der Waals surface area contributed by atoms with Gasteiger partial charge in [-0.15, -0.1) is 0 Å². The first-order valence-corrected chi connectivity index (χ1v) is 14.3. The number of hydrogen-bond acceptors (Lipinski definition) is 5. The number of carboxylic acid groups (broad SMARTS) is 1. The molecule has 41 heavy (non-hydrogen) atoms. The number of hydrogen-bond donors (Lipinski definition) is 3. The van der Waals surface area contributed by atoms with Gasteiger partial charge < -0.3 is 20.5 Å². The van der Waals surface area contributed by atoms with Gasteiger partial charge in [0, 0.05) is 25.6 Å². The predicted octanol–water partition coefficient (Wildman–Crippen LogP) is 4.93. The van der Waals surface area contributed by atoms with Crippen molar-refractivity contribution < 1.29 is 24.2 Å². The summed E-state index contributed by atoms with van der Waals surface area (Å²) in [5, 5.41) is 15.8. The summed E-state index contributed by atoms with van der Waals surface area (Å²) in [5.41, 5.74) is 2.78. The van der Waals surface area contributed by atoms with Gasteiger partial charge in [-0.25, -0.2) is 9.59 Å². The summed E-state index contributed by atoms with van der Waals surface area (Å²) in [5.74, 6) is -1.70. The molecule has 1 saturated heterocycles. The van der Waals surface area contributed by atoms with Gasteiger partial charge in [0.25, 0.3) is 0 Å². The van der Waals surface area contributed by atoms with Crippen LogP contribution in [0, 0.1) is 0 Å². The minimum absolute atomic E-state index is 0.107. The number of nitrogens with one attached hydrogen (secondary N) is 2. The molecule has 0 aromatic heterocycles. The Bertz CT molecular complexity index is 1380. The zero-order chi connectivity index (χ0) is 29.0. The van der Waals surface area contributed by atoms with Gasteiger partial charge in [0.2, 0.25) is 5.91 Å². The van der Waals surface area contributed by atoms with Crippen molar-refractivity contribution in [3.05, 3.63) is 95.6 Å². The SMILES string of the molecule is CCC(CC)(NC(=O)OCC1c2ccccc2-c2ccccc21)C(=O)NC1(C(=O)O)CCN(Cc2ccccc2)C1. The van der Waals surface area contributed by atoms with Gasteiger partial charge in [-0.1, -0.05) is 92.7 Å². The molecule has 0 saturated carbocycles. The summed E-state index contributed by atoms with van der Waals surface area (Å²) < 4.78 is 5.72. The van der Waals surface area contributed by atoms with Gasteiger partial charge in [0.1, 0.15) is 12.1 Å². The van der Waals surface area contributed by atoms with Crippen molar-refractivity contribution in [2.45, 2.75) is 56.7 Å². The number of likely N-dealkylation sites (tertiary alicyclic amines) is 1. The fraction of sp³-hybridized carbons (Fsp3) is 0.364. The lowest BCUT2D eigenvalue weighted by atomic mass is 9.89. The molecule has 1 aliphatic carbocycles. The number of alkyl carbamates (subject to hydrolysis) is 1. The Hall–Kier alpha value is -4.17. The second kappa shape index (κ2) is 11.7. The number of carbonyl (C=O) groups excluding carboxylic acids is 2. The second-order valence-electron chi connectivity index (χ2n) is 11.0. The quantitative estimate of drug-likeness (QED) is 0.328. The number of ether oxygens (including phenoxy) is 1. The van der Waals surface area contributed by atoms with Crippen LogP contribution >= 0.6 is 0 Å². The number of nitrogens with zero attached hydrogens (tertiary/aromatic N) is 1. The second-order valence-corrected chi connectivity index (χ2v) is 11.0. The molecule has 3 aromatic rings. The summed E-state index contributed by atoms with van der Waals surface area (Å²) in [6.45, 7) is 5.03. The van der Waals surface area contributed by atoms with Crippen molar-refractivity contribution in [2.24, 2.45) is 0 Å². The molecule has 1 unspecified atom stereocenters. The van der Waals surface area contributed by atoms with Crippen molar-refractivity contribution in [1.82, 2.24) is 15.5 Å². The summed E-state index contributed by atoms with van der Waals surface area (Å²) in [6.07, 6.45) is 0.133. The Balaban J connectivity index is 1.26. The lowest BCUT2D eigenvalue weighted by molar-refractivity contribution is -0.148. The Kier molecular flexibility index (Phi) is 8.13. The summed E-state index contributed by atoms with van der Waals surface area (Å²) in [6, 6.07) is 26.0. The van der Waals surface area contributed by atoms with Crippen molar-refractivity contribution in [3.8, 4) is 11.1 Å². The van der Waals surface area contributed by atoms with E-state index in [0.29, 0.717) is 13.1 Å². The van der Waals surface area contributed by atoms with Crippen LogP contribution in [0.5, 0.6) is 0 Å². The van der Waals surface area contributed by atoms with E-state index < -0.39 is 29.0 Å². The van der Waals surface area contributed by atoms with E-state index in [-0.39, 0.29) is 38.3 Å². The molecular formula is C33H37N3O5. The van der Waals surface area contributed by atoms with Crippen LogP contribution in [-0.2, 0) is 20.9 Å². The van der Waals surface area contributed by atoms with Gasteiger partial charge >= 0.3 is 12.1 Å². The van der Waals surface area contributed by atoms with E-state index in [1.165, 1.54) is 0 Å². The van der Waals surface area contributed by atoms with Crippen molar-refractivity contribution in [3.63, 3.8) is 0 Å². The summed E-state index contributed by atoms with van der Waals surface area (Å²) in [4.78, 5) is 41.4. The number of carbonyl (C=O) groups is 3. The molecule has 1 fully saturated rings. The van der Waals surface area contributed by atoms with Crippen LogP contribution in [0.3, 0.4) is 0 Å². The molecule has 3 N–H and O–H groups in total. The van der Waals surface area contributed by atoms with Crippen LogP contribution in [0.2, 0.25) is 0 Å². The fourth-order valence-electron chi connectivity index (χ4n) is 6.17. The first kappa shape index (κ1) is 28.4. The largest absolute Gasteiger partial charge is 0.479 e. The summed E-state index contributed by atoms with van der Waals surface area (Å²) >= 11 is 0. The van der Waals surface area contributed by atoms with Crippen LogP contribution < -0.4 is 10.6 Å². The van der Waals surface area contributed by atoms with Crippen LogP contribution in [0.25, 0.3) is 11.1 Å². The highest BCUT2D eigenvalue weighted by atomic mass is 16.5. The monoisotopic (exact) mass is 555 g/mol. The van der Waals surface area contributed by atoms with Crippen molar-refractivity contribution >= 4 is 18.0 Å². The maximum absolute atomic E-state index is 13.7. The zero-order valence-electron chi connectivity index (χ0n) is 23.6. The Morgan fingerprint density at radius 3 is 2.10 bits per heavy atom. The molecule has 8 heteroatoms. The zero-order valence-corrected chi connectivity index (χ0v) is 23.6. The first-order valence-electron chi connectivity index (χ1n) is 14.3. The normalized spacial score (nSPS) is 18.4. The smallest absolute Gasteiger partial charge is 0.408 e. The van der Waals surface area contributed by atoms with E-state index >= 15 is 0 Å². The van der Waals surface area contributed by atoms with Gasteiger partial charge in [0.05, 0.1) is 0 Å². The summed E-state index contributed by atoms with van der Waals surface area (Å²) in [7, 11) is 0. The Labute approximate surface area is 240 Å². The van der Waals surface area contributed by atoms with E-state index in [1.54, 1.807) is 13.8 Å². The minimum atomic E-state index is -1.44. The van der Waals surface area contributed by atoms with E-state index in [1.807, 2.05) is 71.6 Å². The molecular weight excluding hydrogens is 518 g/mol. The highest BCUT2D eigenvalue weighted by Gasteiger charge is 2.49. The van der Waals surface area contributed by atoms with Crippen molar-refractivity contribution in [1.29, 1.82) is 0 Å². The van der Waals surface area contributed by atoms with Gasteiger partial charge in [-0.05, 0) is 47.1 Å². The molecule has 1 aliphatic heterocycles. The standard InChI is InChI=1S/C33H37N3O5/c1-3-32(4-2,29(37)34-33(30(38)39)18-19-36(22-33)20-23-12-6-5-7-13-23)35-31(40)41-21-28-26-16-10-8-14-24(26)25-15-9-11-17-27(25)28/h5-17,28H,3-4,18-22H2,1-2H3,(H,34,37)(H,35,40)(H,38,39). The van der Waals surface area contributed by atoms with Gasteiger partial charge in [-0.3, -0.25) is 9.69 Å². The molecule has 0 spiro atoms. The average Bonchev–Trinajstić information content (AvgIpc) is 3.54. The highest BCUT2D eigenvalue weighted by molar-refractivity contribution is 5.94. The third kappa shape index (κ3) is 5.57. The first-order chi connectivity index (χ1) is 19.8. The molecule has 0 bridgehead atoms. The molecule has 2 amide bonds. The molecule has 1 heterocycles. The lowest BCUT2D eigenvalue weighted by Crippen LogP contribution is -2.65. The molecule has 2 aliphatic rings. The maximum atomic E-state index is 13.7. The molecule has 3 aromatic carbocycles. The van der Waals surface area contributed by atoms with Crippen LogP contribution in [0.4, 0.5) is 4.79 Å². The van der Waals surface area contributed by atoms with Gasteiger partial charge in [-0.2, -0.15) is 0 Å². The minimum Gasteiger partial charge on any atom is -0.479 e. The van der Waals surface area contributed by atoms with Crippen LogP contribution in [0.15, 0.2) is 78.9 Å². The number of rotatable bonds is 10. The average molecular weight is 556 g/mol. The van der Waals surface area contributed by atoms with Crippen LogP contribution in [-0.4, -0.2) is 58.8 Å². The lowest BCUT2D eigenvalue weighted by Gasteiger charge is -2.35. The molecule has 5 rings (SSSR count). The fourth-order valence-corrected chi connectivity index (χ4v) is 6.17. The third-order valence-electron chi connectivity index (χ3n) is 8.69. The highest BCUT2D eigenvalue weighted by Crippen LogP contribution is 2.44.